The van der Waals surface area contributed by atoms with Gasteiger partial charge >= 0.3 is 5.97 Å². The number of ether oxygens (including phenoxy) is 1. The minimum Gasteiger partial charge on any atom is -0.458 e. The zero-order chi connectivity index (χ0) is 19.4. The minimum atomic E-state index is -0.230. The predicted octanol–water partition coefficient (Wildman–Crippen LogP) is 4.29. The largest absolute Gasteiger partial charge is 0.458 e. The first-order valence-electron chi connectivity index (χ1n) is 9.66. The van der Waals surface area contributed by atoms with Crippen molar-refractivity contribution in [1.82, 2.24) is 9.97 Å². The Morgan fingerprint density at radius 3 is 2.37 bits per heavy atom. The lowest BCUT2D eigenvalue weighted by molar-refractivity contribution is -0.154. The van der Waals surface area contributed by atoms with Crippen molar-refractivity contribution in [3.63, 3.8) is 0 Å². The van der Waals surface area contributed by atoms with E-state index < -0.39 is 0 Å². The maximum atomic E-state index is 12.6. The van der Waals surface area contributed by atoms with Gasteiger partial charge in [-0.2, -0.15) is 0 Å². The lowest BCUT2D eigenvalue weighted by Gasteiger charge is -2.32. The van der Waals surface area contributed by atoms with Gasteiger partial charge in [0.25, 0.3) is 0 Å². The Bertz CT molecular complexity index is 745. The summed E-state index contributed by atoms with van der Waals surface area (Å²) in [6.07, 6.45) is 4.65. The number of esters is 1. The number of benzene rings is 1. The van der Waals surface area contributed by atoms with E-state index in [-0.39, 0.29) is 23.4 Å². The van der Waals surface area contributed by atoms with Crippen molar-refractivity contribution in [1.29, 1.82) is 0 Å². The maximum absolute atomic E-state index is 12.6. The van der Waals surface area contributed by atoms with Crippen LogP contribution in [0, 0.1) is 5.92 Å². The zero-order valence-corrected chi connectivity index (χ0v) is 16.7. The number of carbonyl (C=O) groups excluding carboxylic acids is 1. The molecule has 0 bridgehead atoms. The molecule has 2 heterocycles. The van der Waals surface area contributed by atoms with Gasteiger partial charge in [-0.05, 0) is 42.4 Å². The van der Waals surface area contributed by atoms with Gasteiger partial charge in [-0.25, -0.2) is 9.97 Å². The van der Waals surface area contributed by atoms with Crippen LogP contribution in [0.25, 0.3) is 0 Å². The van der Waals surface area contributed by atoms with E-state index in [2.05, 4.69) is 59.9 Å². The first-order chi connectivity index (χ1) is 12.8. The average molecular weight is 367 g/mol. The molecule has 0 saturated carbocycles. The van der Waals surface area contributed by atoms with Gasteiger partial charge in [0.15, 0.2) is 0 Å². The molecule has 1 atom stereocenters. The number of aromatic nitrogens is 2. The molecule has 5 heteroatoms. The van der Waals surface area contributed by atoms with Crippen molar-refractivity contribution in [2.24, 2.45) is 5.92 Å². The fourth-order valence-corrected chi connectivity index (χ4v) is 3.41. The van der Waals surface area contributed by atoms with Crippen LogP contribution >= 0.6 is 0 Å². The summed E-state index contributed by atoms with van der Waals surface area (Å²) in [7, 11) is 0. The molecular weight excluding hydrogens is 338 g/mol. The average Bonchev–Trinajstić information content (AvgIpc) is 2.68. The van der Waals surface area contributed by atoms with Crippen LogP contribution in [0.4, 0.5) is 5.82 Å². The van der Waals surface area contributed by atoms with E-state index in [9.17, 15) is 4.79 Å². The van der Waals surface area contributed by atoms with E-state index in [1.54, 1.807) is 12.5 Å². The molecule has 1 saturated heterocycles. The summed E-state index contributed by atoms with van der Waals surface area (Å²) >= 11 is 0. The third-order valence-electron chi connectivity index (χ3n) is 5.26. The van der Waals surface area contributed by atoms with E-state index in [0.29, 0.717) is 0 Å². The Hall–Kier alpha value is -2.43. The topological polar surface area (TPSA) is 55.3 Å². The highest BCUT2D eigenvalue weighted by Gasteiger charge is 2.28. The molecule has 5 nitrogen and oxygen atoms in total. The van der Waals surface area contributed by atoms with Crippen molar-refractivity contribution >= 4 is 11.8 Å². The summed E-state index contributed by atoms with van der Waals surface area (Å²) in [5, 5.41) is 0. The van der Waals surface area contributed by atoms with Crippen LogP contribution in [0.15, 0.2) is 42.9 Å². The van der Waals surface area contributed by atoms with Crippen molar-refractivity contribution < 1.29 is 9.53 Å². The smallest absolute Gasteiger partial charge is 0.309 e. The SMILES string of the molecule is CC(OC(=O)C1CCN(c2ccncn2)CC1)c1ccc(C(C)(C)C)cc1. The van der Waals surface area contributed by atoms with Gasteiger partial charge < -0.3 is 9.64 Å². The first-order valence-corrected chi connectivity index (χ1v) is 9.66. The molecule has 1 aromatic heterocycles. The highest BCUT2D eigenvalue weighted by molar-refractivity contribution is 5.73. The molecular formula is C22H29N3O2. The summed E-state index contributed by atoms with van der Waals surface area (Å²) in [6, 6.07) is 10.3. The number of rotatable bonds is 4. The Balaban J connectivity index is 1.53. The Labute approximate surface area is 161 Å². The second kappa shape index (κ2) is 8.07. The van der Waals surface area contributed by atoms with Crippen LogP contribution in [0.1, 0.15) is 57.8 Å². The van der Waals surface area contributed by atoms with Gasteiger partial charge in [0, 0.05) is 19.3 Å². The summed E-state index contributed by atoms with van der Waals surface area (Å²) in [4.78, 5) is 23.0. The molecule has 0 spiro atoms. The van der Waals surface area contributed by atoms with Gasteiger partial charge in [-0.3, -0.25) is 4.79 Å². The number of nitrogens with zero attached hydrogens (tertiary/aromatic N) is 3. The standard InChI is InChI=1S/C22H29N3O2/c1-16(17-5-7-19(8-6-17)22(2,3)4)27-21(26)18-10-13-25(14-11-18)20-9-12-23-15-24-20/h5-9,12,15-16,18H,10-11,13-14H2,1-4H3. The summed E-state index contributed by atoms with van der Waals surface area (Å²) in [5.41, 5.74) is 2.44. The molecule has 0 N–H and O–H groups in total. The van der Waals surface area contributed by atoms with Gasteiger partial charge in [0.2, 0.25) is 0 Å². The molecule has 1 unspecified atom stereocenters. The van der Waals surface area contributed by atoms with E-state index >= 15 is 0 Å². The highest BCUT2D eigenvalue weighted by atomic mass is 16.5. The number of hydrogen-bond acceptors (Lipinski definition) is 5. The van der Waals surface area contributed by atoms with Gasteiger partial charge in [0.1, 0.15) is 18.2 Å². The van der Waals surface area contributed by atoms with Crippen LogP contribution in [-0.2, 0) is 14.9 Å². The molecule has 144 valence electrons. The minimum absolute atomic E-state index is 0.0422. The zero-order valence-electron chi connectivity index (χ0n) is 16.7. The molecule has 0 aliphatic carbocycles. The number of anilines is 1. The molecule has 0 amide bonds. The van der Waals surface area contributed by atoms with E-state index in [1.165, 1.54) is 5.56 Å². The fourth-order valence-electron chi connectivity index (χ4n) is 3.41. The van der Waals surface area contributed by atoms with Crippen LogP contribution in [-0.4, -0.2) is 29.0 Å². The third-order valence-corrected chi connectivity index (χ3v) is 5.26. The molecule has 3 rings (SSSR count). The van der Waals surface area contributed by atoms with Crippen molar-refractivity contribution in [3.05, 3.63) is 54.0 Å². The highest BCUT2D eigenvalue weighted by Crippen LogP contribution is 2.27. The fraction of sp³-hybridized carbons (Fsp3) is 0.500. The van der Waals surface area contributed by atoms with Crippen molar-refractivity contribution in [2.45, 2.75) is 52.1 Å². The van der Waals surface area contributed by atoms with Crippen LogP contribution in [0.3, 0.4) is 0 Å². The lowest BCUT2D eigenvalue weighted by Crippen LogP contribution is -2.37. The summed E-state index contributed by atoms with van der Waals surface area (Å²) in [5.74, 6) is 0.785. The van der Waals surface area contributed by atoms with Crippen LogP contribution in [0.2, 0.25) is 0 Å². The lowest BCUT2D eigenvalue weighted by atomic mass is 9.86. The van der Waals surface area contributed by atoms with Crippen molar-refractivity contribution in [2.75, 3.05) is 18.0 Å². The first kappa shape index (κ1) is 19.3. The van der Waals surface area contributed by atoms with E-state index in [1.807, 2.05) is 13.0 Å². The van der Waals surface area contributed by atoms with Gasteiger partial charge in [0.05, 0.1) is 5.92 Å². The van der Waals surface area contributed by atoms with Crippen molar-refractivity contribution in [3.8, 4) is 0 Å². The Morgan fingerprint density at radius 2 is 1.81 bits per heavy atom. The number of carbonyl (C=O) groups is 1. The second-order valence-electron chi connectivity index (χ2n) is 8.28. The molecule has 2 aromatic rings. The number of hydrogen-bond donors (Lipinski definition) is 0. The Kier molecular flexibility index (Phi) is 5.78. The van der Waals surface area contributed by atoms with E-state index in [4.69, 9.17) is 4.74 Å². The summed E-state index contributed by atoms with van der Waals surface area (Å²) < 4.78 is 5.76. The second-order valence-corrected chi connectivity index (χ2v) is 8.28. The molecule has 27 heavy (non-hydrogen) atoms. The van der Waals surface area contributed by atoms with Crippen LogP contribution < -0.4 is 4.90 Å². The molecule has 1 aliphatic heterocycles. The molecule has 0 radical (unpaired) electrons. The maximum Gasteiger partial charge on any atom is 0.309 e. The van der Waals surface area contributed by atoms with Crippen LogP contribution in [0.5, 0.6) is 0 Å². The Morgan fingerprint density at radius 1 is 1.15 bits per heavy atom. The summed E-state index contributed by atoms with van der Waals surface area (Å²) in [6.45, 7) is 10.1. The molecule has 1 fully saturated rings. The molecule has 1 aliphatic rings. The van der Waals surface area contributed by atoms with Gasteiger partial charge in [-0.15, -0.1) is 0 Å². The number of piperidine rings is 1. The predicted molar refractivity (Wildman–Crippen MR) is 107 cm³/mol. The third kappa shape index (κ3) is 4.85. The normalized spacial score (nSPS) is 16.8. The van der Waals surface area contributed by atoms with Gasteiger partial charge in [-0.1, -0.05) is 45.0 Å². The quantitative estimate of drug-likeness (QED) is 0.754. The molecule has 1 aromatic carbocycles. The monoisotopic (exact) mass is 367 g/mol. The van der Waals surface area contributed by atoms with E-state index in [0.717, 1.165) is 37.3 Å².